The number of rotatable bonds is 5. The van der Waals surface area contributed by atoms with Crippen LogP contribution in [0.1, 0.15) is 31.2 Å². The quantitative estimate of drug-likeness (QED) is 0.802. The second kappa shape index (κ2) is 4.93. The van der Waals surface area contributed by atoms with Crippen LogP contribution in [0.2, 0.25) is 0 Å². The van der Waals surface area contributed by atoms with Crippen molar-refractivity contribution < 1.29 is 9.50 Å². The average molecular weight is 223 g/mol. The van der Waals surface area contributed by atoms with Gasteiger partial charge in [0.25, 0.3) is 0 Å². The van der Waals surface area contributed by atoms with Crippen molar-refractivity contribution in [3.05, 3.63) is 35.6 Å². The van der Waals surface area contributed by atoms with Gasteiger partial charge in [-0.2, -0.15) is 0 Å². The van der Waals surface area contributed by atoms with E-state index in [2.05, 4.69) is 5.32 Å². The number of aliphatic hydroxyl groups excluding tert-OH is 1. The largest absolute Gasteiger partial charge is 0.396 e. The van der Waals surface area contributed by atoms with Crippen LogP contribution in [0.3, 0.4) is 0 Å². The zero-order valence-corrected chi connectivity index (χ0v) is 9.38. The minimum Gasteiger partial charge on any atom is -0.396 e. The zero-order chi connectivity index (χ0) is 11.4. The van der Waals surface area contributed by atoms with Gasteiger partial charge in [-0.25, -0.2) is 4.39 Å². The molecule has 1 aliphatic carbocycles. The van der Waals surface area contributed by atoms with Crippen molar-refractivity contribution in [3.63, 3.8) is 0 Å². The lowest BCUT2D eigenvalue weighted by Gasteiger charge is -2.42. The summed E-state index contributed by atoms with van der Waals surface area (Å²) in [7, 11) is 0. The van der Waals surface area contributed by atoms with Crippen LogP contribution < -0.4 is 5.32 Å². The molecule has 0 aromatic heterocycles. The van der Waals surface area contributed by atoms with Crippen molar-refractivity contribution in [3.8, 4) is 0 Å². The predicted octanol–water partition coefficient (Wildman–Crippen LogP) is 2.22. The Balaban J connectivity index is 1.88. The predicted molar refractivity (Wildman–Crippen MR) is 61.5 cm³/mol. The van der Waals surface area contributed by atoms with Gasteiger partial charge in [0.2, 0.25) is 0 Å². The first kappa shape index (κ1) is 11.6. The summed E-state index contributed by atoms with van der Waals surface area (Å²) in [4.78, 5) is 0. The highest BCUT2D eigenvalue weighted by molar-refractivity contribution is 5.16. The first-order valence-corrected chi connectivity index (χ1v) is 5.84. The van der Waals surface area contributed by atoms with Crippen molar-refractivity contribution >= 4 is 0 Å². The van der Waals surface area contributed by atoms with Gasteiger partial charge in [0.05, 0.1) is 0 Å². The molecule has 0 aliphatic heterocycles. The minimum absolute atomic E-state index is 0.128. The number of nitrogens with one attached hydrogen (secondary N) is 1. The van der Waals surface area contributed by atoms with Gasteiger partial charge in [-0.05, 0) is 43.4 Å². The molecule has 16 heavy (non-hydrogen) atoms. The van der Waals surface area contributed by atoms with E-state index in [0.717, 1.165) is 31.4 Å². The summed E-state index contributed by atoms with van der Waals surface area (Å²) in [5, 5.41) is 12.5. The second-order valence-corrected chi connectivity index (χ2v) is 4.59. The molecule has 1 fully saturated rings. The first-order chi connectivity index (χ1) is 7.74. The lowest BCUT2D eigenvalue weighted by atomic mass is 9.74. The lowest BCUT2D eigenvalue weighted by molar-refractivity contribution is 0.130. The molecule has 0 spiro atoms. The average Bonchev–Trinajstić information content (AvgIpc) is 2.24. The van der Waals surface area contributed by atoms with Crippen LogP contribution in [0, 0.1) is 5.82 Å². The smallest absolute Gasteiger partial charge is 0.123 e. The second-order valence-electron chi connectivity index (χ2n) is 4.59. The topological polar surface area (TPSA) is 32.3 Å². The summed E-state index contributed by atoms with van der Waals surface area (Å²) in [5.74, 6) is -0.197. The van der Waals surface area contributed by atoms with Gasteiger partial charge in [0.15, 0.2) is 0 Å². The third-order valence-corrected chi connectivity index (χ3v) is 3.48. The van der Waals surface area contributed by atoms with E-state index in [1.807, 2.05) is 0 Å². The fourth-order valence-corrected chi connectivity index (χ4v) is 2.22. The van der Waals surface area contributed by atoms with Crippen molar-refractivity contribution in [1.29, 1.82) is 0 Å². The summed E-state index contributed by atoms with van der Waals surface area (Å²) in [5.41, 5.74) is 1.22. The molecule has 0 atom stereocenters. The monoisotopic (exact) mass is 223 g/mol. The highest BCUT2D eigenvalue weighted by Gasteiger charge is 2.35. The molecule has 0 unspecified atom stereocenters. The van der Waals surface area contributed by atoms with E-state index in [-0.39, 0.29) is 18.0 Å². The Bertz CT molecular complexity index is 332. The molecule has 1 aliphatic rings. The molecule has 3 heteroatoms. The van der Waals surface area contributed by atoms with Crippen LogP contribution in [0.5, 0.6) is 0 Å². The fraction of sp³-hybridized carbons (Fsp3) is 0.538. The van der Waals surface area contributed by atoms with E-state index >= 15 is 0 Å². The summed E-state index contributed by atoms with van der Waals surface area (Å²) in [6, 6.07) is 6.56. The Kier molecular flexibility index (Phi) is 3.56. The SMILES string of the molecule is OCCC1(NCc2ccc(F)cc2)CCC1. The van der Waals surface area contributed by atoms with Gasteiger partial charge < -0.3 is 10.4 Å². The third-order valence-electron chi connectivity index (χ3n) is 3.48. The van der Waals surface area contributed by atoms with Crippen LogP contribution in [-0.2, 0) is 6.54 Å². The summed E-state index contributed by atoms with van der Waals surface area (Å²) < 4.78 is 12.7. The van der Waals surface area contributed by atoms with E-state index in [9.17, 15) is 4.39 Å². The molecular formula is C13H18FNO. The van der Waals surface area contributed by atoms with E-state index in [4.69, 9.17) is 5.11 Å². The number of hydrogen-bond acceptors (Lipinski definition) is 2. The molecule has 0 heterocycles. The molecule has 1 aromatic rings. The number of hydrogen-bond donors (Lipinski definition) is 2. The molecule has 2 rings (SSSR count). The molecule has 88 valence electrons. The van der Waals surface area contributed by atoms with Crippen molar-refractivity contribution in [2.75, 3.05) is 6.61 Å². The molecule has 1 aromatic carbocycles. The van der Waals surface area contributed by atoms with E-state index in [0.29, 0.717) is 0 Å². The van der Waals surface area contributed by atoms with Crippen LogP contribution >= 0.6 is 0 Å². The van der Waals surface area contributed by atoms with Gasteiger partial charge >= 0.3 is 0 Å². The highest BCUT2D eigenvalue weighted by atomic mass is 19.1. The maximum Gasteiger partial charge on any atom is 0.123 e. The maximum atomic E-state index is 12.7. The molecule has 2 nitrogen and oxygen atoms in total. The van der Waals surface area contributed by atoms with E-state index in [1.54, 1.807) is 12.1 Å². The van der Waals surface area contributed by atoms with Gasteiger partial charge in [-0.15, -0.1) is 0 Å². The first-order valence-electron chi connectivity index (χ1n) is 5.84. The van der Waals surface area contributed by atoms with E-state index in [1.165, 1.54) is 18.6 Å². The van der Waals surface area contributed by atoms with Gasteiger partial charge in [-0.1, -0.05) is 12.1 Å². The molecule has 0 amide bonds. The van der Waals surface area contributed by atoms with E-state index < -0.39 is 0 Å². The molecule has 2 N–H and O–H groups in total. The summed E-state index contributed by atoms with van der Waals surface area (Å²) >= 11 is 0. The van der Waals surface area contributed by atoms with Crippen molar-refractivity contribution in [2.45, 2.75) is 37.8 Å². The van der Waals surface area contributed by atoms with Crippen LogP contribution in [-0.4, -0.2) is 17.3 Å². The van der Waals surface area contributed by atoms with Crippen LogP contribution in [0.4, 0.5) is 4.39 Å². The van der Waals surface area contributed by atoms with Gasteiger partial charge in [0.1, 0.15) is 5.82 Å². The lowest BCUT2D eigenvalue weighted by Crippen LogP contribution is -2.51. The minimum atomic E-state index is -0.197. The molecular weight excluding hydrogens is 205 g/mol. The summed E-state index contributed by atoms with van der Waals surface area (Å²) in [6.45, 7) is 0.983. The Morgan fingerprint density at radius 1 is 1.25 bits per heavy atom. The Morgan fingerprint density at radius 3 is 2.44 bits per heavy atom. The van der Waals surface area contributed by atoms with Gasteiger partial charge in [-0.3, -0.25) is 0 Å². The van der Waals surface area contributed by atoms with Gasteiger partial charge in [0, 0.05) is 18.7 Å². The standard InChI is InChI=1S/C13H18FNO/c14-12-4-2-11(3-5-12)10-15-13(8-9-16)6-1-7-13/h2-5,15-16H,1,6-10H2. The fourth-order valence-electron chi connectivity index (χ4n) is 2.22. The molecule has 0 bridgehead atoms. The Labute approximate surface area is 95.5 Å². The highest BCUT2D eigenvalue weighted by Crippen LogP contribution is 2.34. The maximum absolute atomic E-state index is 12.7. The van der Waals surface area contributed by atoms with Crippen molar-refractivity contribution in [2.24, 2.45) is 0 Å². The normalized spacial score (nSPS) is 18.1. The Hall–Kier alpha value is -0.930. The van der Waals surface area contributed by atoms with Crippen LogP contribution in [0.15, 0.2) is 24.3 Å². The number of aliphatic hydroxyl groups is 1. The van der Waals surface area contributed by atoms with Crippen molar-refractivity contribution in [1.82, 2.24) is 5.32 Å². The Morgan fingerprint density at radius 2 is 1.94 bits per heavy atom. The third kappa shape index (κ3) is 2.60. The summed E-state index contributed by atoms with van der Waals surface area (Å²) in [6.07, 6.45) is 4.31. The van der Waals surface area contributed by atoms with Crippen LogP contribution in [0.25, 0.3) is 0 Å². The zero-order valence-electron chi connectivity index (χ0n) is 9.38. The number of benzene rings is 1. The molecule has 1 saturated carbocycles. The molecule has 0 saturated heterocycles. The molecule has 0 radical (unpaired) electrons. The number of halogens is 1.